The first kappa shape index (κ1) is 18.3. The van der Waals surface area contributed by atoms with Crippen molar-refractivity contribution < 1.29 is 18.3 Å². The van der Waals surface area contributed by atoms with Crippen molar-refractivity contribution in [2.24, 2.45) is 0 Å². The number of ether oxygens (including phenoxy) is 1. The normalized spacial score (nSPS) is 12.4. The molecule has 7 heteroatoms. The van der Waals surface area contributed by atoms with Gasteiger partial charge in [0.05, 0.1) is 12.0 Å². The molecule has 0 aromatic heterocycles. The van der Waals surface area contributed by atoms with E-state index in [1.165, 1.54) is 13.2 Å². The van der Waals surface area contributed by atoms with Crippen molar-refractivity contribution in [3.05, 3.63) is 23.8 Å². The van der Waals surface area contributed by atoms with Crippen LogP contribution in [0.25, 0.3) is 0 Å². The minimum absolute atomic E-state index is 0.119. The summed E-state index contributed by atoms with van der Waals surface area (Å²) in [5.74, 6) is 0.571. The van der Waals surface area contributed by atoms with Crippen LogP contribution in [0.4, 0.5) is 0 Å². The summed E-state index contributed by atoms with van der Waals surface area (Å²) >= 11 is 1.60. The van der Waals surface area contributed by atoms with E-state index in [0.717, 1.165) is 0 Å². The van der Waals surface area contributed by atoms with Crippen LogP contribution in [0.1, 0.15) is 19.4 Å². The van der Waals surface area contributed by atoms with Gasteiger partial charge in [-0.1, -0.05) is 0 Å². The highest BCUT2D eigenvalue weighted by Gasteiger charge is 2.23. The Morgan fingerprint density at radius 3 is 2.57 bits per heavy atom. The van der Waals surface area contributed by atoms with Gasteiger partial charge in [-0.2, -0.15) is 11.8 Å². The molecule has 0 aliphatic carbocycles. The Morgan fingerprint density at radius 2 is 2.05 bits per heavy atom. The number of nitrogens with one attached hydrogen (secondary N) is 1. The molecule has 0 aliphatic rings. The number of rotatable bonds is 8. The number of aliphatic hydroxyl groups excluding tert-OH is 1. The molecular formula is C14H23NO4S2. The molecule has 0 spiro atoms. The second kappa shape index (κ2) is 7.49. The maximum Gasteiger partial charge on any atom is 0.240 e. The molecular weight excluding hydrogens is 310 g/mol. The monoisotopic (exact) mass is 333 g/mol. The number of benzene rings is 1. The SMILES string of the molecule is COc1ccc(S(=O)(=O)NCC(C)(C)SC)c(CCO)c1. The average molecular weight is 333 g/mol. The van der Waals surface area contributed by atoms with Gasteiger partial charge >= 0.3 is 0 Å². The molecule has 0 atom stereocenters. The topological polar surface area (TPSA) is 75.6 Å². The van der Waals surface area contributed by atoms with Gasteiger partial charge in [-0.15, -0.1) is 0 Å². The number of hydrogen-bond donors (Lipinski definition) is 2. The van der Waals surface area contributed by atoms with E-state index < -0.39 is 10.0 Å². The second-order valence-electron chi connectivity index (χ2n) is 5.24. The number of methoxy groups -OCH3 is 1. The number of hydrogen-bond acceptors (Lipinski definition) is 5. The highest BCUT2D eigenvalue weighted by Crippen LogP contribution is 2.24. The summed E-state index contributed by atoms with van der Waals surface area (Å²) in [5.41, 5.74) is 0.548. The summed E-state index contributed by atoms with van der Waals surface area (Å²) in [7, 11) is -2.09. The summed E-state index contributed by atoms with van der Waals surface area (Å²) in [6, 6.07) is 4.76. The lowest BCUT2D eigenvalue weighted by atomic mass is 10.1. The molecule has 1 aromatic carbocycles. The quantitative estimate of drug-likeness (QED) is 0.756. The Morgan fingerprint density at radius 1 is 1.38 bits per heavy atom. The maximum absolute atomic E-state index is 12.4. The zero-order valence-electron chi connectivity index (χ0n) is 12.8. The standard InChI is InChI=1S/C14H23NO4S2/c1-14(2,20-4)10-15-21(17,18)13-6-5-12(19-3)9-11(13)7-8-16/h5-6,9,15-16H,7-8,10H2,1-4H3. The predicted molar refractivity (Wildman–Crippen MR) is 86.6 cm³/mol. The van der Waals surface area contributed by atoms with Gasteiger partial charge < -0.3 is 9.84 Å². The smallest absolute Gasteiger partial charge is 0.240 e. The highest BCUT2D eigenvalue weighted by atomic mass is 32.2. The van der Waals surface area contributed by atoms with Crippen LogP contribution in [0.3, 0.4) is 0 Å². The van der Waals surface area contributed by atoms with E-state index in [4.69, 9.17) is 9.84 Å². The summed E-state index contributed by atoms with van der Waals surface area (Å²) < 4.78 is 32.4. The van der Waals surface area contributed by atoms with Crippen molar-refractivity contribution in [2.75, 3.05) is 26.5 Å². The summed E-state index contributed by atoms with van der Waals surface area (Å²) in [6.07, 6.45) is 2.21. The molecule has 21 heavy (non-hydrogen) atoms. The zero-order valence-corrected chi connectivity index (χ0v) is 14.5. The van der Waals surface area contributed by atoms with Gasteiger partial charge in [0.15, 0.2) is 0 Å². The Bertz CT molecular complexity index is 570. The van der Waals surface area contributed by atoms with Crippen LogP contribution in [0.5, 0.6) is 5.75 Å². The van der Waals surface area contributed by atoms with E-state index in [0.29, 0.717) is 17.9 Å². The van der Waals surface area contributed by atoms with Crippen LogP contribution >= 0.6 is 11.8 Å². The van der Waals surface area contributed by atoms with Gasteiger partial charge in [0, 0.05) is 17.9 Å². The molecule has 0 amide bonds. The van der Waals surface area contributed by atoms with Crippen molar-refractivity contribution in [1.29, 1.82) is 0 Å². The molecule has 120 valence electrons. The van der Waals surface area contributed by atoms with E-state index in [9.17, 15) is 8.42 Å². The van der Waals surface area contributed by atoms with E-state index in [-0.39, 0.29) is 22.7 Å². The van der Waals surface area contributed by atoms with Crippen molar-refractivity contribution in [1.82, 2.24) is 4.72 Å². The largest absolute Gasteiger partial charge is 0.497 e. The Labute approximate surface area is 131 Å². The third-order valence-electron chi connectivity index (χ3n) is 3.18. The number of aliphatic hydroxyl groups is 1. The number of sulfonamides is 1. The average Bonchev–Trinajstić information content (AvgIpc) is 2.45. The van der Waals surface area contributed by atoms with Gasteiger partial charge in [0.2, 0.25) is 10.0 Å². The third kappa shape index (κ3) is 5.18. The Kier molecular flexibility index (Phi) is 6.52. The Balaban J connectivity index is 3.07. The predicted octanol–water partition coefficient (Wildman–Crippen LogP) is 1.65. The molecule has 0 heterocycles. The van der Waals surface area contributed by atoms with E-state index in [1.54, 1.807) is 23.9 Å². The van der Waals surface area contributed by atoms with Gasteiger partial charge in [0.1, 0.15) is 5.75 Å². The van der Waals surface area contributed by atoms with Crippen LogP contribution in [0.2, 0.25) is 0 Å². The van der Waals surface area contributed by atoms with Gasteiger partial charge in [-0.3, -0.25) is 0 Å². The molecule has 0 saturated heterocycles. The fourth-order valence-electron chi connectivity index (χ4n) is 1.68. The molecule has 2 N–H and O–H groups in total. The first-order valence-corrected chi connectivity index (χ1v) is 9.29. The second-order valence-corrected chi connectivity index (χ2v) is 8.48. The first-order chi connectivity index (χ1) is 9.75. The zero-order chi connectivity index (χ0) is 16.1. The molecule has 1 aromatic rings. The highest BCUT2D eigenvalue weighted by molar-refractivity contribution is 8.00. The molecule has 1 rings (SSSR count). The fraction of sp³-hybridized carbons (Fsp3) is 0.571. The number of thioether (sulfide) groups is 1. The molecule has 0 fully saturated rings. The molecule has 5 nitrogen and oxygen atoms in total. The van der Waals surface area contributed by atoms with Crippen molar-refractivity contribution in [3.63, 3.8) is 0 Å². The lowest BCUT2D eigenvalue weighted by Crippen LogP contribution is -2.36. The first-order valence-electron chi connectivity index (χ1n) is 6.58. The van der Waals surface area contributed by atoms with Gasteiger partial charge in [-0.05, 0) is 50.3 Å². The lowest BCUT2D eigenvalue weighted by molar-refractivity contribution is 0.298. The van der Waals surface area contributed by atoms with Crippen molar-refractivity contribution in [3.8, 4) is 5.75 Å². The molecule has 0 unspecified atom stereocenters. The lowest BCUT2D eigenvalue weighted by Gasteiger charge is -2.22. The van der Waals surface area contributed by atoms with Crippen LogP contribution in [-0.4, -0.2) is 44.8 Å². The van der Waals surface area contributed by atoms with E-state index in [1.807, 2.05) is 20.1 Å². The fourth-order valence-corrected chi connectivity index (χ4v) is 3.45. The van der Waals surface area contributed by atoms with Crippen molar-refractivity contribution in [2.45, 2.75) is 29.9 Å². The summed E-state index contributed by atoms with van der Waals surface area (Å²) in [4.78, 5) is 0.189. The molecule has 0 saturated carbocycles. The van der Waals surface area contributed by atoms with Gasteiger partial charge in [0.25, 0.3) is 0 Å². The molecule has 0 aliphatic heterocycles. The summed E-state index contributed by atoms with van der Waals surface area (Å²) in [5, 5.41) is 9.11. The maximum atomic E-state index is 12.4. The summed E-state index contributed by atoms with van der Waals surface area (Å²) in [6.45, 7) is 4.17. The third-order valence-corrected chi connectivity index (χ3v) is 5.93. The minimum atomic E-state index is -3.61. The van der Waals surface area contributed by atoms with Crippen molar-refractivity contribution >= 4 is 21.8 Å². The van der Waals surface area contributed by atoms with Crippen LogP contribution in [0, 0.1) is 0 Å². The van der Waals surface area contributed by atoms with Crippen LogP contribution < -0.4 is 9.46 Å². The van der Waals surface area contributed by atoms with Crippen LogP contribution in [-0.2, 0) is 16.4 Å². The van der Waals surface area contributed by atoms with Gasteiger partial charge in [-0.25, -0.2) is 13.1 Å². The van der Waals surface area contributed by atoms with E-state index in [2.05, 4.69) is 4.72 Å². The molecule has 0 bridgehead atoms. The minimum Gasteiger partial charge on any atom is -0.497 e. The Hall–Kier alpha value is -0.760. The molecule has 0 radical (unpaired) electrons. The van der Waals surface area contributed by atoms with E-state index >= 15 is 0 Å². The van der Waals surface area contributed by atoms with Crippen LogP contribution in [0.15, 0.2) is 23.1 Å².